The molecule has 2 aromatic rings. The first-order chi connectivity index (χ1) is 11.0. The molecule has 7 heteroatoms. The highest BCUT2D eigenvalue weighted by Gasteiger charge is 2.10. The smallest absolute Gasteiger partial charge is 0.274 e. The Balaban J connectivity index is 2.09. The molecule has 2 aromatic carbocycles. The van der Waals surface area contributed by atoms with Crippen molar-refractivity contribution in [2.75, 3.05) is 6.61 Å². The normalized spacial score (nSPS) is 10.7. The van der Waals surface area contributed by atoms with Crippen molar-refractivity contribution < 1.29 is 14.5 Å². The monoisotopic (exact) mass is 313 g/mol. The predicted octanol–water partition coefficient (Wildman–Crippen LogP) is 2.52. The molecule has 118 valence electrons. The highest BCUT2D eigenvalue weighted by atomic mass is 16.6. The summed E-state index contributed by atoms with van der Waals surface area (Å²) in [7, 11) is 0. The number of rotatable bonds is 6. The van der Waals surface area contributed by atoms with E-state index in [1.165, 1.54) is 6.07 Å². The first-order valence-electron chi connectivity index (χ1n) is 6.76. The Bertz CT molecular complexity index is 754. The number of nitrogens with zero attached hydrogens (tertiary/aromatic N) is 2. The summed E-state index contributed by atoms with van der Waals surface area (Å²) in [5.41, 5.74) is 6.91. The Morgan fingerprint density at radius 1 is 1.30 bits per heavy atom. The van der Waals surface area contributed by atoms with Crippen molar-refractivity contribution in [3.8, 4) is 5.75 Å². The van der Waals surface area contributed by atoms with Gasteiger partial charge in [0.1, 0.15) is 5.75 Å². The topological polar surface area (TPSA) is 108 Å². The summed E-state index contributed by atoms with van der Waals surface area (Å²) in [4.78, 5) is 25.3. The molecule has 0 saturated carbocycles. The number of hydrogen-bond acceptors (Lipinski definition) is 5. The molecule has 7 nitrogen and oxygen atoms in total. The predicted molar refractivity (Wildman–Crippen MR) is 86.2 cm³/mol. The zero-order valence-corrected chi connectivity index (χ0v) is 12.4. The van der Waals surface area contributed by atoms with E-state index in [0.29, 0.717) is 17.0 Å². The van der Waals surface area contributed by atoms with Crippen LogP contribution >= 0.6 is 0 Å². The lowest BCUT2D eigenvalue weighted by Gasteiger charge is -2.03. The minimum Gasteiger partial charge on any atom is -0.484 e. The van der Waals surface area contributed by atoms with Crippen molar-refractivity contribution in [1.29, 1.82) is 0 Å². The summed E-state index contributed by atoms with van der Waals surface area (Å²) in [6, 6.07) is 11.7. The second kappa shape index (κ2) is 7.17. The van der Waals surface area contributed by atoms with E-state index in [1.54, 1.807) is 49.5 Å². The maximum atomic E-state index is 10.9. The van der Waals surface area contributed by atoms with Crippen LogP contribution in [0.1, 0.15) is 11.1 Å². The van der Waals surface area contributed by atoms with Crippen molar-refractivity contribution in [3.05, 3.63) is 63.7 Å². The van der Waals surface area contributed by atoms with Gasteiger partial charge in [-0.15, -0.1) is 0 Å². The van der Waals surface area contributed by atoms with Crippen molar-refractivity contribution in [1.82, 2.24) is 0 Å². The molecule has 0 aromatic heterocycles. The molecule has 0 saturated heterocycles. The fraction of sp³-hybridized carbons (Fsp3) is 0.125. The number of amides is 1. The van der Waals surface area contributed by atoms with Crippen molar-refractivity contribution in [2.24, 2.45) is 10.7 Å². The minimum absolute atomic E-state index is 0.0369. The molecule has 0 atom stereocenters. The molecule has 2 rings (SSSR count). The van der Waals surface area contributed by atoms with Crippen LogP contribution in [0.15, 0.2) is 47.5 Å². The maximum absolute atomic E-state index is 10.9. The van der Waals surface area contributed by atoms with Crippen LogP contribution in [-0.4, -0.2) is 23.7 Å². The van der Waals surface area contributed by atoms with Gasteiger partial charge in [0.2, 0.25) is 0 Å². The fourth-order valence-corrected chi connectivity index (χ4v) is 1.83. The first-order valence-corrected chi connectivity index (χ1v) is 6.76. The standard InChI is InChI=1S/C16H15N3O4/c1-11-2-5-13(8-15(11)19(21)22)18-9-12-3-6-14(7-4-12)23-10-16(17)20/h2-9H,10H2,1H3,(H2,17,20). The van der Waals surface area contributed by atoms with E-state index in [-0.39, 0.29) is 12.3 Å². The number of nitro groups is 1. The molecule has 2 N–H and O–H groups in total. The van der Waals surface area contributed by atoms with E-state index in [0.717, 1.165) is 5.56 Å². The number of ether oxygens (including phenoxy) is 1. The van der Waals surface area contributed by atoms with Gasteiger partial charge in [-0.25, -0.2) is 0 Å². The van der Waals surface area contributed by atoms with Crippen molar-refractivity contribution in [2.45, 2.75) is 6.92 Å². The molecule has 0 spiro atoms. The Hall–Kier alpha value is -3.22. The molecule has 0 aliphatic heterocycles. The molecule has 0 bridgehead atoms. The van der Waals surface area contributed by atoms with Crippen LogP contribution in [0.25, 0.3) is 0 Å². The largest absolute Gasteiger partial charge is 0.484 e. The third-order valence-electron chi connectivity index (χ3n) is 3.01. The van der Waals surface area contributed by atoms with Crippen LogP contribution in [-0.2, 0) is 4.79 Å². The number of aliphatic imine (C=N–C) groups is 1. The SMILES string of the molecule is Cc1ccc(N=Cc2ccc(OCC(N)=O)cc2)cc1[N+](=O)[O-]. The van der Waals surface area contributed by atoms with Gasteiger partial charge < -0.3 is 10.5 Å². The summed E-state index contributed by atoms with van der Waals surface area (Å²) in [5.74, 6) is -0.0245. The van der Waals surface area contributed by atoms with E-state index >= 15 is 0 Å². The van der Waals surface area contributed by atoms with Gasteiger partial charge in [0.05, 0.1) is 10.6 Å². The van der Waals surface area contributed by atoms with E-state index in [1.807, 2.05) is 0 Å². The van der Waals surface area contributed by atoms with Crippen LogP contribution in [0.2, 0.25) is 0 Å². The Labute approximate surface area is 132 Å². The number of primary amides is 1. The third kappa shape index (κ3) is 4.63. The van der Waals surface area contributed by atoms with Gasteiger partial charge >= 0.3 is 0 Å². The van der Waals surface area contributed by atoms with Gasteiger partial charge in [0.15, 0.2) is 6.61 Å². The zero-order valence-electron chi connectivity index (χ0n) is 12.4. The molecular weight excluding hydrogens is 298 g/mol. The fourth-order valence-electron chi connectivity index (χ4n) is 1.83. The molecular formula is C16H15N3O4. The number of aryl methyl sites for hydroxylation is 1. The van der Waals surface area contributed by atoms with Crippen LogP contribution in [0, 0.1) is 17.0 Å². The summed E-state index contributed by atoms with van der Waals surface area (Å²) < 4.78 is 5.15. The van der Waals surface area contributed by atoms with Gasteiger partial charge in [-0.2, -0.15) is 0 Å². The number of benzene rings is 2. The van der Waals surface area contributed by atoms with Crippen LogP contribution in [0.3, 0.4) is 0 Å². The first kappa shape index (κ1) is 16.2. The van der Waals surface area contributed by atoms with Crippen molar-refractivity contribution in [3.63, 3.8) is 0 Å². The van der Waals surface area contributed by atoms with Gasteiger partial charge in [-0.05, 0) is 42.8 Å². The molecule has 0 aliphatic carbocycles. The zero-order chi connectivity index (χ0) is 16.8. The number of nitro benzene ring substituents is 1. The van der Waals surface area contributed by atoms with E-state index in [2.05, 4.69) is 4.99 Å². The average molecular weight is 313 g/mol. The Kier molecular flexibility index (Phi) is 5.03. The van der Waals surface area contributed by atoms with Crippen molar-refractivity contribution >= 4 is 23.5 Å². The Morgan fingerprint density at radius 3 is 2.61 bits per heavy atom. The summed E-state index contributed by atoms with van der Waals surface area (Å²) in [6.07, 6.45) is 1.59. The Morgan fingerprint density at radius 2 is 2.00 bits per heavy atom. The molecule has 0 radical (unpaired) electrons. The molecule has 23 heavy (non-hydrogen) atoms. The number of hydrogen-bond donors (Lipinski definition) is 1. The molecule has 0 aliphatic rings. The summed E-state index contributed by atoms with van der Waals surface area (Å²) >= 11 is 0. The van der Waals surface area contributed by atoms with E-state index in [4.69, 9.17) is 10.5 Å². The van der Waals surface area contributed by atoms with Gasteiger partial charge in [0, 0.05) is 17.8 Å². The number of carbonyl (C=O) groups is 1. The van der Waals surface area contributed by atoms with Crippen LogP contribution in [0.5, 0.6) is 5.75 Å². The lowest BCUT2D eigenvalue weighted by atomic mass is 10.2. The maximum Gasteiger partial charge on any atom is 0.274 e. The minimum atomic E-state index is -0.545. The lowest BCUT2D eigenvalue weighted by Crippen LogP contribution is -2.19. The van der Waals surface area contributed by atoms with Gasteiger partial charge in [-0.3, -0.25) is 19.9 Å². The molecule has 1 amide bonds. The number of nitrogens with two attached hydrogens (primary N) is 1. The third-order valence-corrected chi connectivity index (χ3v) is 3.01. The average Bonchev–Trinajstić information content (AvgIpc) is 2.52. The molecule has 0 unspecified atom stereocenters. The van der Waals surface area contributed by atoms with Crippen LogP contribution < -0.4 is 10.5 Å². The molecule has 0 fully saturated rings. The lowest BCUT2D eigenvalue weighted by molar-refractivity contribution is -0.385. The second-order valence-electron chi connectivity index (χ2n) is 4.81. The van der Waals surface area contributed by atoms with Gasteiger partial charge in [-0.1, -0.05) is 6.07 Å². The quantitative estimate of drug-likeness (QED) is 0.502. The summed E-state index contributed by atoms with van der Waals surface area (Å²) in [6.45, 7) is 1.50. The van der Waals surface area contributed by atoms with Crippen LogP contribution in [0.4, 0.5) is 11.4 Å². The summed E-state index contributed by atoms with van der Waals surface area (Å²) in [5, 5.41) is 10.9. The van der Waals surface area contributed by atoms with E-state index < -0.39 is 10.8 Å². The molecule has 0 heterocycles. The highest BCUT2D eigenvalue weighted by molar-refractivity contribution is 5.82. The number of carbonyl (C=O) groups excluding carboxylic acids is 1. The second-order valence-corrected chi connectivity index (χ2v) is 4.81. The highest BCUT2D eigenvalue weighted by Crippen LogP contribution is 2.24. The van der Waals surface area contributed by atoms with Gasteiger partial charge in [0.25, 0.3) is 11.6 Å². The van der Waals surface area contributed by atoms with E-state index in [9.17, 15) is 14.9 Å².